The lowest BCUT2D eigenvalue weighted by Crippen LogP contribution is -2.61. The number of primary amides is 2. The zero-order chi connectivity index (χ0) is 50.6. The number of hydrogen-bond donors (Lipinski definition) is 12. The van der Waals surface area contributed by atoms with Crippen molar-refractivity contribution in [1.82, 2.24) is 36.8 Å². The van der Waals surface area contributed by atoms with Crippen molar-refractivity contribution >= 4 is 80.7 Å². The molecule has 2 heterocycles. The second kappa shape index (κ2) is 27.5. The number of carboxylic acids is 1. The summed E-state index contributed by atoms with van der Waals surface area (Å²) in [6.07, 6.45) is -0.377. The van der Waals surface area contributed by atoms with Gasteiger partial charge in [0.25, 0.3) is 0 Å². The number of aromatic hydroxyl groups is 1. The van der Waals surface area contributed by atoms with Gasteiger partial charge >= 0.3 is 5.97 Å². The lowest BCUT2D eigenvalue weighted by Gasteiger charge is -2.30. The van der Waals surface area contributed by atoms with Crippen LogP contribution in [0, 0.1) is 0 Å². The van der Waals surface area contributed by atoms with Gasteiger partial charge in [-0.05, 0) is 68.3 Å². The van der Waals surface area contributed by atoms with E-state index in [9.17, 15) is 58.2 Å². The van der Waals surface area contributed by atoms with Crippen LogP contribution < -0.4 is 54.8 Å². The summed E-state index contributed by atoms with van der Waals surface area (Å²) in [5, 5.41) is 35.0. The van der Waals surface area contributed by atoms with Crippen molar-refractivity contribution in [3.8, 4) is 5.75 Å². The standard InChI is InChI=1S/C44H61N11O12S2/c45-17-5-4-9-29(44(66)67)50-42(64)34-10-6-18-55(34)43(65)33-23-69-68-22-27(46)37(59)51-30(20-25-11-13-26(56)14-12-25)40(62)52-31(19-24-7-2-1-3-8-24)39(61)49-28(15-16-35(47)57)38(60)53-32(21-36(48)58)41(63)54-33/h1-3,7-8,11-14,27-34,56H,4-6,9-10,15-23,45-46H2,(H2,47,57)(H2,48,58)(H,49,61)(H,50,64)(H,51,59)(H,52,62)(H,53,60)(H,54,63)(H,66,67)/t27-,28-,29-,30-,31+,32-,33-,34-/m0/s1. The highest BCUT2D eigenvalue weighted by atomic mass is 33.1. The number of benzene rings is 2. The van der Waals surface area contributed by atoms with Crippen molar-refractivity contribution in [2.45, 2.75) is 113 Å². The van der Waals surface area contributed by atoms with E-state index in [2.05, 4.69) is 31.9 Å². The number of nitrogens with two attached hydrogens (primary N) is 4. The summed E-state index contributed by atoms with van der Waals surface area (Å²) in [6, 6.07) is 3.07. The smallest absolute Gasteiger partial charge is 0.326 e. The molecular weight excluding hydrogens is 939 g/mol. The molecule has 0 unspecified atom stereocenters. The number of phenolic OH excluding ortho intramolecular Hbond substituents is 1. The molecule has 0 spiro atoms. The molecule has 69 heavy (non-hydrogen) atoms. The van der Waals surface area contributed by atoms with Crippen molar-refractivity contribution in [2.24, 2.45) is 22.9 Å². The van der Waals surface area contributed by atoms with Gasteiger partial charge in [0.1, 0.15) is 48.0 Å². The first kappa shape index (κ1) is 55.2. The van der Waals surface area contributed by atoms with Gasteiger partial charge in [-0.3, -0.25) is 43.2 Å². The maximum atomic E-state index is 14.4. The van der Waals surface area contributed by atoms with E-state index in [4.69, 9.17) is 22.9 Å². The Morgan fingerprint density at radius 1 is 0.725 bits per heavy atom. The van der Waals surface area contributed by atoms with Crippen LogP contribution in [-0.4, -0.2) is 147 Å². The zero-order valence-corrected chi connectivity index (χ0v) is 39.4. The molecule has 0 saturated carbocycles. The zero-order valence-electron chi connectivity index (χ0n) is 37.8. The largest absolute Gasteiger partial charge is 0.508 e. The Bertz CT molecular complexity index is 2160. The lowest BCUT2D eigenvalue weighted by atomic mass is 10.0. The predicted molar refractivity (Wildman–Crippen MR) is 254 cm³/mol. The van der Waals surface area contributed by atoms with Crippen molar-refractivity contribution in [3.05, 3.63) is 65.7 Å². The molecule has 2 saturated heterocycles. The minimum absolute atomic E-state index is 0.0455. The van der Waals surface area contributed by atoms with E-state index in [1.807, 2.05) is 0 Å². The fraction of sp³-hybridized carbons (Fsp3) is 0.500. The molecule has 16 N–H and O–H groups in total. The number of rotatable bonds is 17. The maximum absolute atomic E-state index is 14.4. The number of carbonyl (C=O) groups is 10. The molecule has 9 amide bonds. The molecule has 2 aliphatic heterocycles. The number of likely N-dealkylation sites (tertiary alicyclic amines) is 1. The Labute approximate surface area is 405 Å². The third kappa shape index (κ3) is 17.9. The van der Waals surface area contributed by atoms with Crippen LogP contribution in [0.15, 0.2) is 54.6 Å². The summed E-state index contributed by atoms with van der Waals surface area (Å²) in [5.41, 5.74) is 23.9. The van der Waals surface area contributed by atoms with Gasteiger partial charge in [0.05, 0.1) is 12.5 Å². The third-order valence-electron chi connectivity index (χ3n) is 11.2. The minimum atomic E-state index is -1.76. The predicted octanol–water partition coefficient (Wildman–Crippen LogP) is -2.85. The van der Waals surface area contributed by atoms with Gasteiger partial charge in [-0.2, -0.15) is 0 Å². The van der Waals surface area contributed by atoms with Gasteiger partial charge in [-0.25, -0.2) is 4.79 Å². The number of nitrogens with zero attached hydrogens (tertiary/aromatic N) is 1. The molecule has 2 fully saturated rings. The molecule has 0 bridgehead atoms. The molecule has 8 atom stereocenters. The molecule has 2 aromatic rings. The summed E-state index contributed by atoms with van der Waals surface area (Å²) in [7, 11) is 2.04. The average Bonchev–Trinajstić information content (AvgIpc) is 3.81. The van der Waals surface area contributed by atoms with Crippen LogP contribution in [0.25, 0.3) is 0 Å². The lowest BCUT2D eigenvalue weighted by molar-refractivity contribution is -0.145. The number of amides is 9. The minimum Gasteiger partial charge on any atom is -0.508 e. The second-order valence-corrected chi connectivity index (χ2v) is 19.1. The van der Waals surface area contributed by atoms with Gasteiger partial charge < -0.3 is 69.9 Å². The first-order chi connectivity index (χ1) is 32.9. The van der Waals surface area contributed by atoms with E-state index in [-0.39, 0.29) is 49.5 Å². The number of carboxylic acid groups (broad SMARTS) is 1. The molecule has 0 aromatic heterocycles. The molecule has 2 aromatic carbocycles. The Hall–Kier alpha value is -6.44. The normalized spacial score (nSPS) is 23.8. The number of hydrogen-bond acceptors (Lipinski definition) is 15. The Kier molecular flexibility index (Phi) is 22.0. The van der Waals surface area contributed by atoms with E-state index >= 15 is 0 Å². The first-order valence-corrected chi connectivity index (χ1v) is 24.8. The quantitative estimate of drug-likeness (QED) is 0.0561. The molecule has 2 aliphatic rings. The molecule has 0 aliphatic carbocycles. The van der Waals surface area contributed by atoms with Crippen LogP contribution in [0.2, 0.25) is 0 Å². The van der Waals surface area contributed by atoms with Gasteiger partial charge in [0, 0.05) is 37.3 Å². The highest BCUT2D eigenvalue weighted by Gasteiger charge is 2.40. The first-order valence-electron chi connectivity index (χ1n) is 22.3. The van der Waals surface area contributed by atoms with Gasteiger partial charge in [-0.15, -0.1) is 0 Å². The highest BCUT2D eigenvalue weighted by Crippen LogP contribution is 2.26. The van der Waals surface area contributed by atoms with Crippen LogP contribution in [0.3, 0.4) is 0 Å². The molecule has 4 rings (SSSR count). The monoisotopic (exact) mass is 999 g/mol. The highest BCUT2D eigenvalue weighted by molar-refractivity contribution is 8.76. The Morgan fingerprint density at radius 2 is 1.29 bits per heavy atom. The number of aliphatic carboxylic acids is 1. The summed E-state index contributed by atoms with van der Waals surface area (Å²) in [5.74, 6) is -9.73. The Balaban J connectivity index is 1.72. The van der Waals surface area contributed by atoms with Crippen LogP contribution in [0.5, 0.6) is 5.75 Å². The number of nitrogens with one attached hydrogen (secondary N) is 6. The van der Waals surface area contributed by atoms with Crippen LogP contribution in [0.1, 0.15) is 62.5 Å². The van der Waals surface area contributed by atoms with Gasteiger partial charge in [0.2, 0.25) is 53.2 Å². The number of carbonyl (C=O) groups excluding carboxylic acids is 9. The molecule has 25 heteroatoms. The van der Waals surface area contributed by atoms with Crippen molar-refractivity contribution in [2.75, 3.05) is 24.6 Å². The SMILES string of the molecule is NCCCC[C@H](NC(=O)[C@@H]1CCCN1C(=O)[C@@H]1CSSC[C@H](N)C(=O)N[C@@H](Cc2ccc(O)cc2)C(=O)N[C@H](Cc2ccccc2)C(=O)N[C@@H](CCC(N)=O)C(=O)N[C@@H](CC(N)=O)C(=O)N1)C(=O)O. The van der Waals surface area contributed by atoms with E-state index in [0.717, 1.165) is 21.6 Å². The summed E-state index contributed by atoms with van der Waals surface area (Å²) < 4.78 is 0. The van der Waals surface area contributed by atoms with Crippen molar-refractivity contribution in [3.63, 3.8) is 0 Å². The van der Waals surface area contributed by atoms with E-state index in [1.54, 1.807) is 30.3 Å². The molecule has 0 radical (unpaired) electrons. The van der Waals surface area contributed by atoms with Gasteiger partial charge in [0.15, 0.2) is 0 Å². The molecular formula is C44H61N11O12S2. The Morgan fingerprint density at radius 3 is 1.90 bits per heavy atom. The number of unbranched alkanes of at least 4 members (excludes halogenated alkanes) is 1. The summed E-state index contributed by atoms with van der Waals surface area (Å²) in [6.45, 7) is 0.366. The summed E-state index contributed by atoms with van der Waals surface area (Å²) >= 11 is 0. The maximum Gasteiger partial charge on any atom is 0.326 e. The van der Waals surface area contributed by atoms with Crippen LogP contribution >= 0.6 is 21.6 Å². The van der Waals surface area contributed by atoms with E-state index in [0.29, 0.717) is 36.9 Å². The van der Waals surface area contributed by atoms with Gasteiger partial charge in [-0.1, -0.05) is 64.1 Å². The summed E-state index contributed by atoms with van der Waals surface area (Å²) in [4.78, 5) is 136. The van der Waals surface area contributed by atoms with Crippen molar-refractivity contribution in [1.29, 1.82) is 0 Å². The van der Waals surface area contributed by atoms with Crippen molar-refractivity contribution < 1.29 is 58.2 Å². The second-order valence-electron chi connectivity index (χ2n) is 16.6. The topological polar surface area (TPSA) is 391 Å². The van der Waals surface area contributed by atoms with E-state index < -0.39 is 127 Å². The fourth-order valence-electron chi connectivity index (χ4n) is 7.48. The third-order valence-corrected chi connectivity index (χ3v) is 13.6. The molecule has 376 valence electrons. The number of phenols is 1. The van der Waals surface area contributed by atoms with Crippen LogP contribution in [0.4, 0.5) is 0 Å². The van der Waals surface area contributed by atoms with Crippen LogP contribution in [-0.2, 0) is 60.8 Å². The average molecular weight is 1000 g/mol. The fourth-order valence-corrected chi connectivity index (χ4v) is 9.76. The molecule has 23 nitrogen and oxygen atoms in total. The van der Waals surface area contributed by atoms with E-state index in [1.165, 1.54) is 29.2 Å².